The summed E-state index contributed by atoms with van der Waals surface area (Å²) in [7, 11) is 0. The van der Waals surface area contributed by atoms with E-state index in [0.29, 0.717) is 10.0 Å². The summed E-state index contributed by atoms with van der Waals surface area (Å²) in [6, 6.07) is 4.22. The number of halogens is 2. The van der Waals surface area contributed by atoms with Crippen LogP contribution in [-0.2, 0) is 11.5 Å². The van der Waals surface area contributed by atoms with Crippen molar-refractivity contribution in [1.82, 2.24) is 0 Å². The number of hydrogen-bond donors (Lipinski definition) is 2. The van der Waals surface area contributed by atoms with E-state index in [1.807, 2.05) is 0 Å². The van der Waals surface area contributed by atoms with Crippen LogP contribution in [0, 0.1) is 0 Å². The Morgan fingerprint density at radius 2 is 2.21 bits per heavy atom. The van der Waals surface area contributed by atoms with Crippen molar-refractivity contribution in [2.24, 2.45) is 0 Å². The third-order valence-corrected chi connectivity index (χ3v) is 2.51. The molecule has 76 valence electrons. The highest BCUT2D eigenvalue weighted by Crippen LogP contribution is 2.23. The minimum absolute atomic E-state index is 0.224. The highest BCUT2D eigenvalue weighted by Gasteiger charge is 2.16. The third-order valence-electron chi connectivity index (χ3n) is 1.77. The van der Waals surface area contributed by atoms with E-state index in [1.54, 1.807) is 0 Å². The molecule has 5 heteroatoms. The predicted octanol–water partition coefficient (Wildman–Crippen LogP) is 2.04. The molecule has 0 aliphatic carbocycles. The van der Waals surface area contributed by atoms with E-state index in [4.69, 9.17) is 5.11 Å². The minimum atomic E-state index is -1.57. The summed E-state index contributed by atoms with van der Waals surface area (Å²) >= 11 is 3.08. The Morgan fingerprint density at radius 3 is 2.64 bits per heavy atom. The van der Waals surface area contributed by atoms with Crippen LogP contribution in [0.15, 0.2) is 22.7 Å². The third kappa shape index (κ3) is 2.30. The van der Waals surface area contributed by atoms with Gasteiger partial charge in [0, 0.05) is 4.47 Å². The molecular formula is C9H8BrFO3. The first-order chi connectivity index (χ1) is 6.56. The highest BCUT2D eigenvalue weighted by molar-refractivity contribution is 9.10. The second-order valence-corrected chi connectivity index (χ2v) is 3.58. The van der Waals surface area contributed by atoms with Crippen molar-refractivity contribution in [2.45, 2.75) is 12.8 Å². The number of carboxylic acid groups (broad SMARTS) is 1. The molecule has 3 nitrogen and oxygen atoms in total. The van der Waals surface area contributed by atoms with Crippen LogP contribution in [0.3, 0.4) is 0 Å². The Bertz CT molecular complexity index is 354. The normalized spacial score (nSPS) is 12.5. The lowest BCUT2D eigenvalue weighted by Gasteiger charge is -2.07. The van der Waals surface area contributed by atoms with Crippen molar-refractivity contribution < 1.29 is 19.4 Å². The van der Waals surface area contributed by atoms with Gasteiger partial charge in [0.2, 0.25) is 0 Å². The Kier molecular flexibility index (Phi) is 3.60. The van der Waals surface area contributed by atoms with Gasteiger partial charge >= 0.3 is 5.97 Å². The van der Waals surface area contributed by atoms with Gasteiger partial charge in [0.1, 0.15) is 6.67 Å². The molecule has 0 fully saturated rings. The van der Waals surface area contributed by atoms with Crippen molar-refractivity contribution >= 4 is 21.9 Å². The van der Waals surface area contributed by atoms with Gasteiger partial charge in [-0.05, 0) is 17.2 Å². The van der Waals surface area contributed by atoms with Gasteiger partial charge in [-0.2, -0.15) is 0 Å². The topological polar surface area (TPSA) is 57.5 Å². The van der Waals surface area contributed by atoms with Crippen LogP contribution in [0.2, 0.25) is 0 Å². The summed E-state index contributed by atoms with van der Waals surface area (Å²) in [6.45, 7) is -0.635. The number of aliphatic carboxylic acids is 1. The SMILES string of the molecule is O=C(O)C(O)c1ccc(CF)c(Br)c1. The van der Waals surface area contributed by atoms with E-state index in [-0.39, 0.29) is 5.56 Å². The molecule has 1 atom stereocenters. The zero-order chi connectivity index (χ0) is 10.7. The quantitative estimate of drug-likeness (QED) is 0.877. The van der Waals surface area contributed by atoms with Crippen molar-refractivity contribution in [3.05, 3.63) is 33.8 Å². The van der Waals surface area contributed by atoms with Crippen LogP contribution >= 0.6 is 15.9 Å². The summed E-state index contributed by atoms with van der Waals surface area (Å²) in [4.78, 5) is 10.4. The standard InChI is InChI=1S/C9H8BrFO3/c10-7-3-5(8(12)9(13)14)1-2-6(7)4-11/h1-3,8,12H,4H2,(H,13,14). The van der Waals surface area contributed by atoms with E-state index in [1.165, 1.54) is 18.2 Å². The van der Waals surface area contributed by atoms with Gasteiger partial charge in [0.05, 0.1) is 0 Å². The van der Waals surface area contributed by atoms with Crippen LogP contribution in [0.5, 0.6) is 0 Å². The van der Waals surface area contributed by atoms with Crippen molar-refractivity contribution in [3.8, 4) is 0 Å². The number of benzene rings is 1. The molecule has 0 amide bonds. The highest BCUT2D eigenvalue weighted by atomic mass is 79.9. The van der Waals surface area contributed by atoms with Crippen LogP contribution in [-0.4, -0.2) is 16.2 Å². The first-order valence-corrected chi connectivity index (χ1v) is 4.60. The monoisotopic (exact) mass is 262 g/mol. The van der Waals surface area contributed by atoms with Crippen LogP contribution in [0.4, 0.5) is 4.39 Å². The van der Waals surface area contributed by atoms with E-state index in [0.717, 1.165) is 0 Å². The molecule has 1 rings (SSSR count). The molecule has 0 aliphatic rings. The van der Waals surface area contributed by atoms with Gasteiger partial charge in [-0.3, -0.25) is 0 Å². The zero-order valence-corrected chi connectivity index (χ0v) is 8.66. The van der Waals surface area contributed by atoms with Crippen molar-refractivity contribution in [3.63, 3.8) is 0 Å². The molecule has 0 aliphatic heterocycles. The lowest BCUT2D eigenvalue weighted by atomic mass is 10.1. The van der Waals surface area contributed by atoms with Crippen LogP contribution in [0.25, 0.3) is 0 Å². The fourth-order valence-electron chi connectivity index (χ4n) is 0.985. The van der Waals surface area contributed by atoms with E-state index >= 15 is 0 Å². The number of hydrogen-bond acceptors (Lipinski definition) is 2. The molecule has 14 heavy (non-hydrogen) atoms. The number of aliphatic hydroxyl groups excluding tert-OH is 1. The second kappa shape index (κ2) is 4.52. The van der Waals surface area contributed by atoms with Gasteiger partial charge in [-0.15, -0.1) is 0 Å². The van der Waals surface area contributed by atoms with Gasteiger partial charge in [-0.1, -0.05) is 28.1 Å². The Labute approximate surface area is 88.3 Å². The first-order valence-electron chi connectivity index (χ1n) is 3.81. The molecule has 0 spiro atoms. The van der Waals surface area contributed by atoms with Crippen molar-refractivity contribution in [2.75, 3.05) is 0 Å². The number of carboxylic acids is 1. The fraction of sp³-hybridized carbons (Fsp3) is 0.222. The Morgan fingerprint density at radius 1 is 1.57 bits per heavy atom. The second-order valence-electron chi connectivity index (χ2n) is 2.73. The number of aliphatic hydroxyl groups is 1. The molecule has 1 aromatic carbocycles. The summed E-state index contributed by atoms with van der Waals surface area (Å²) in [5.41, 5.74) is 0.646. The zero-order valence-electron chi connectivity index (χ0n) is 7.08. The Balaban J connectivity index is 3.02. The first kappa shape index (κ1) is 11.1. The molecule has 0 bridgehead atoms. The lowest BCUT2D eigenvalue weighted by Crippen LogP contribution is -2.10. The predicted molar refractivity (Wildman–Crippen MR) is 51.5 cm³/mol. The smallest absolute Gasteiger partial charge is 0.337 e. The molecule has 0 saturated carbocycles. The molecule has 0 heterocycles. The Hall–Kier alpha value is -0.940. The molecule has 1 aromatic rings. The largest absolute Gasteiger partial charge is 0.479 e. The molecule has 0 radical (unpaired) electrons. The molecule has 1 unspecified atom stereocenters. The van der Waals surface area contributed by atoms with Gasteiger partial charge in [0.25, 0.3) is 0 Å². The fourth-order valence-corrected chi connectivity index (χ4v) is 1.49. The maximum absolute atomic E-state index is 12.3. The number of carbonyl (C=O) groups is 1. The van der Waals surface area contributed by atoms with Crippen LogP contribution < -0.4 is 0 Å². The molecule has 0 saturated heterocycles. The summed E-state index contributed by atoms with van der Waals surface area (Å²) in [6.07, 6.45) is -1.57. The summed E-state index contributed by atoms with van der Waals surface area (Å²) < 4.78 is 12.7. The lowest BCUT2D eigenvalue weighted by molar-refractivity contribution is -0.146. The van der Waals surface area contributed by atoms with E-state index < -0.39 is 18.7 Å². The van der Waals surface area contributed by atoms with E-state index in [2.05, 4.69) is 15.9 Å². The van der Waals surface area contributed by atoms with Crippen LogP contribution in [0.1, 0.15) is 17.2 Å². The van der Waals surface area contributed by atoms with Crippen molar-refractivity contribution in [1.29, 1.82) is 0 Å². The molecule has 0 aromatic heterocycles. The van der Waals surface area contributed by atoms with Gasteiger partial charge in [-0.25, -0.2) is 9.18 Å². The molecular weight excluding hydrogens is 255 g/mol. The molecule has 2 N–H and O–H groups in total. The van der Waals surface area contributed by atoms with Gasteiger partial charge in [0.15, 0.2) is 6.10 Å². The maximum atomic E-state index is 12.3. The number of rotatable bonds is 3. The minimum Gasteiger partial charge on any atom is -0.479 e. The van der Waals surface area contributed by atoms with E-state index in [9.17, 15) is 14.3 Å². The summed E-state index contributed by atoms with van der Waals surface area (Å²) in [5.74, 6) is -1.33. The summed E-state index contributed by atoms with van der Waals surface area (Å²) in [5, 5.41) is 17.7. The maximum Gasteiger partial charge on any atom is 0.337 e. The average Bonchev–Trinajstić information content (AvgIpc) is 2.16. The van der Waals surface area contributed by atoms with Gasteiger partial charge < -0.3 is 10.2 Å². The average molecular weight is 263 g/mol. The number of alkyl halides is 1.